The number of nitriles is 1. The topological polar surface area (TPSA) is 112 Å². The molecule has 11 heteroatoms. The second-order valence-corrected chi connectivity index (χ2v) is 9.01. The molecule has 1 unspecified atom stereocenters. The fraction of sp³-hybridized carbons (Fsp3) is 0.296. The molecule has 1 aliphatic rings. The molecule has 0 saturated heterocycles. The van der Waals surface area contributed by atoms with Gasteiger partial charge in [-0.25, -0.2) is 18.3 Å². The van der Waals surface area contributed by atoms with Gasteiger partial charge in [0.25, 0.3) is 11.8 Å². The van der Waals surface area contributed by atoms with Crippen LogP contribution >= 0.6 is 11.6 Å². The van der Waals surface area contributed by atoms with Gasteiger partial charge in [-0.15, -0.1) is 0 Å². The van der Waals surface area contributed by atoms with Gasteiger partial charge < -0.3 is 10.6 Å². The molecule has 2 aromatic heterocycles. The first-order valence-electron chi connectivity index (χ1n) is 12.0. The normalized spacial score (nSPS) is 17.7. The minimum Gasteiger partial charge on any atom is -0.354 e. The number of hydrogen-bond acceptors (Lipinski definition) is 5. The molecule has 2 N–H and O–H groups in total. The molecule has 2 amide bonds. The van der Waals surface area contributed by atoms with Gasteiger partial charge in [0.1, 0.15) is 17.2 Å². The van der Waals surface area contributed by atoms with Crippen LogP contribution in [0.25, 0.3) is 5.65 Å². The van der Waals surface area contributed by atoms with Crippen LogP contribution in [0.4, 0.5) is 8.78 Å². The van der Waals surface area contributed by atoms with Crippen LogP contribution in [0.3, 0.4) is 0 Å². The zero-order chi connectivity index (χ0) is 27.7. The van der Waals surface area contributed by atoms with Crippen molar-refractivity contribution in [1.29, 1.82) is 5.26 Å². The summed E-state index contributed by atoms with van der Waals surface area (Å²) in [6.07, 6.45) is 10.2. The lowest BCUT2D eigenvalue weighted by Gasteiger charge is -2.18. The first-order valence-corrected chi connectivity index (χ1v) is 12.3. The summed E-state index contributed by atoms with van der Waals surface area (Å²) in [5.41, 5.74) is 1.50. The van der Waals surface area contributed by atoms with Gasteiger partial charge in [0.15, 0.2) is 11.5 Å². The predicted octanol–water partition coefficient (Wildman–Crippen LogP) is 5.08. The zero-order valence-electron chi connectivity index (χ0n) is 21.0. The Morgan fingerprint density at radius 2 is 1.97 bits per heavy atom. The monoisotopic (exact) mass is 540 g/mol. The number of fused-ring (bicyclic) bond motifs is 1. The van der Waals surface area contributed by atoms with Crippen LogP contribution in [0.2, 0.25) is 5.02 Å². The van der Waals surface area contributed by atoms with E-state index >= 15 is 0 Å². The number of nitrogens with zero attached hydrogens (tertiary/aromatic N) is 4. The summed E-state index contributed by atoms with van der Waals surface area (Å²) < 4.78 is 27.5. The highest BCUT2D eigenvalue weighted by atomic mass is 35.5. The van der Waals surface area contributed by atoms with Crippen molar-refractivity contribution in [3.05, 3.63) is 87.9 Å². The molecule has 0 radical (unpaired) electrons. The second kappa shape index (κ2) is 13.4. The van der Waals surface area contributed by atoms with E-state index < -0.39 is 17.6 Å². The lowest BCUT2D eigenvalue weighted by atomic mass is 10.0. The lowest BCUT2D eigenvalue weighted by Crippen LogP contribution is -2.36. The Morgan fingerprint density at radius 3 is 2.66 bits per heavy atom. The third-order valence-corrected chi connectivity index (χ3v) is 6.04. The highest BCUT2D eigenvalue weighted by molar-refractivity contribution is 6.30. The maximum Gasteiger partial charge on any atom is 0.270 e. The first kappa shape index (κ1) is 28.5. The van der Waals surface area contributed by atoms with Crippen molar-refractivity contribution in [2.45, 2.75) is 45.1 Å². The fourth-order valence-corrected chi connectivity index (χ4v) is 3.97. The van der Waals surface area contributed by atoms with Gasteiger partial charge in [0, 0.05) is 31.1 Å². The average molecular weight is 541 g/mol. The Morgan fingerprint density at radius 1 is 1.18 bits per heavy atom. The van der Waals surface area contributed by atoms with Crippen molar-refractivity contribution in [3.63, 3.8) is 0 Å². The highest BCUT2D eigenvalue weighted by Gasteiger charge is 2.21. The molecule has 8 nitrogen and oxygen atoms in total. The number of aromatic nitrogens is 3. The molecule has 198 valence electrons. The van der Waals surface area contributed by atoms with Gasteiger partial charge in [0.2, 0.25) is 0 Å². The number of carbonyl (C=O) groups is 2. The maximum absolute atomic E-state index is 14.0. The second-order valence-electron chi connectivity index (χ2n) is 8.60. The van der Waals surface area contributed by atoms with Crippen molar-refractivity contribution >= 4 is 29.1 Å². The van der Waals surface area contributed by atoms with Gasteiger partial charge in [-0.2, -0.15) is 10.4 Å². The molecule has 1 atom stereocenters. The third kappa shape index (κ3) is 7.46. The van der Waals surface area contributed by atoms with E-state index in [2.05, 4.69) is 26.8 Å². The Bertz CT molecular complexity index is 1430. The van der Waals surface area contributed by atoms with E-state index in [0.717, 1.165) is 41.1 Å². The lowest BCUT2D eigenvalue weighted by molar-refractivity contribution is 0.0927. The minimum atomic E-state index is -0.716. The van der Waals surface area contributed by atoms with Crippen molar-refractivity contribution in [1.82, 2.24) is 25.2 Å². The summed E-state index contributed by atoms with van der Waals surface area (Å²) >= 11 is 5.44. The molecule has 1 aromatic carbocycles. The van der Waals surface area contributed by atoms with E-state index in [1.54, 1.807) is 12.1 Å². The summed E-state index contributed by atoms with van der Waals surface area (Å²) in [6, 6.07) is 7.98. The van der Waals surface area contributed by atoms with Gasteiger partial charge in [-0.3, -0.25) is 9.59 Å². The molecule has 0 spiro atoms. The Kier molecular flexibility index (Phi) is 10.1. The van der Waals surface area contributed by atoms with Crippen LogP contribution in [0.15, 0.2) is 54.3 Å². The van der Waals surface area contributed by atoms with Crippen molar-refractivity contribution < 1.29 is 18.4 Å². The van der Waals surface area contributed by atoms with Gasteiger partial charge >= 0.3 is 0 Å². The molecule has 2 heterocycles. The van der Waals surface area contributed by atoms with Gasteiger partial charge in [-0.1, -0.05) is 35.9 Å². The molecule has 0 saturated carbocycles. The van der Waals surface area contributed by atoms with E-state index in [4.69, 9.17) is 16.9 Å². The molecule has 3 aromatic rings. The minimum absolute atomic E-state index is 0.0326. The number of allylic oxidation sites excluding steroid dienone is 3. The summed E-state index contributed by atoms with van der Waals surface area (Å²) in [4.78, 5) is 28.8. The largest absolute Gasteiger partial charge is 0.354 e. The SMILES string of the molecule is CNC(=O)c1cc(C(=O)NC2C/C=C\C/C(C#N)=C\CCC2)n2ncc(F)c2n1.Cc1ccc(F)c(Cl)c1. The maximum atomic E-state index is 14.0. The van der Waals surface area contributed by atoms with Crippen LogP contribution in [0, 0.1) is 29.9 Å². The summed E-state index contributed by atoms with van der Waals surface area (Å²) in [5, 5.41) is 18.5. The van der Waals surface area contributed by atoms with Crippen LogP contribution in [0.1, 0.15) is 58.6 Å². The third-order valence-electron chi connectivity index (χ3n) is 5.75. The predicted molar refractivity (Wildman–Crippen MR) is 140 cm³/mol. The van der Waals surface area contributed by atoms with Crippen molar-refractivity contribution in [2.75, 3.05) is 7.05 Å². The van der Waals surface area contributed by atoms with E-state index in [1.807, 2.05) is 25.2 Å². The molecular formula is C27H27ClF2N6O2. The van der Waals surface area contributed by atoms with Crippen LogP contribution in [0.5, 0.6) is 0 Å². The van der Waals surface area contributed by atoms with E-state index in [0.29, 0.717) is 12.8 Å². The molecule has 1 aliphatic carbocycles. The number of aryl methyl sites for hydroxylation is 1. The number of nitrogens with one attached hydrogen (secondary N) is 2. The zero-order valence-corrected chi connectivity index (χ0v) is 21.7. The van der Waals surface area contributed by atoms with Crippen molar-refractivity contribution in [2.24, 2.45) is 0 Å². The Balaban J connectivity index is 0.000000375. The number of rotatable bonds is 3. The summed E-state index contributed by atoms with van der Waals surface area (Å²) in [5.74, 6) is -2.06. The molecule has 0 fully saturated rings. The van der Waals surface area contributed by atoms with Gasteiger partial charge in [0.05, 0.1) is 17.3 Å². The Labute approximate surface area is 224 Å². The van der Waals surface area contributed by atoms with E-state index in [9.17, 15) is 18.4 Å². The van der Waals surface area contributed by atoms with Gasteiger partial charge in [-0.05, 0) is 50.3 Å². The first-order chi connectivity index (χ1) is 18.2. The van der Waals surface area contributed by atoms with Crippen LogP contribution in [-0.4, -0.2) is 39.5 Å². The number of halogens is 3. The molecule has 0 aliphatic heterocycles. The quantitative estimate of drug-likeness (QED) is 0.450. The number of benzene rings is 1. The number of hydrogen-bond donors (Lipinski definition) is 2. The number of amides is 2. The summed E-state index contributed by atoms with van der Waals surface area (Å²) in [7, 11) is 1.43. The molecule has 0 bridgehead atoms. The summed E-state index contributed by atoms with van der Waals surface area (Å²) in [6.45, 7) is 1.87. The van der Waals surface area contributed by atoms with E-state index in [-0.39, 0.29) is 33.9 Å². The van der Waals surface area contributed by atoms with Crippen LogP contribution in [-0.2, 0) is 0 Å². The van der Waals surface area contributed by atoms with Crippen LogP contribution < -0.4 is 10.6 Å². The van der Waals surface area contributed by atoms with Crippen molar-refractivity contribution in [3.8, 4) is 6.07 Å². The smallest absolute Gasteiger partial charge is 0.270 e. The van der Waals surface area contributed by atoms with E-state index in [1.165, 1.54) is 19.2 Å². The highest BCUT2D eigenvalue weighted by Crippen LogP contribution is 2.16. The fourth-order valence-electron chi connectivity index (χ4n) is 3.74. The standard InChI is InChI=1S/C20H21FN6O2.C7H6ClF/c1-23-19(28)16-10-17(27-18(26-16)15(21)12-24-27)20(29)25-14-8-4-2-6-13(11-22)7-3-5-9-14;1-5-2-3-7(9)6(8)4-5/h2,4,7,10,12,14H,3,5-6,8-9H2,1H3,(H,23,28)(H,25,29);2-4H,1H3/b4-2-,13-7+;. The molecular weight excluding hydrogens is 514 g/mol. The average Bonchev–Trinajstić information content (AvgIpc) is 3.29. The molecule has 4 rings (SSSR count). The molecule has 38 heavy (non-hydrogen) atoms. The number of carbonyl (C=O) groups excluding carboxylic acids is 2. The Hall–Kier alpha value is -4.10.